The van der Waals surface area contributed by atoms with Gasteiger partial charge in [-0.1, -0.05) is 42.5 Å². The van der Waals surface area contributed by atoms with E-state index >= 15 is 0 Å². The SMILES string of the molecule is CCOC(=O)C=C(Cc1ccc(OCc2ccccc2)cc1)c1nc(C(F)(F)F)cs1. The number of nitrogens with zero attached hydrogens (tertiary/aromatic N) is 1. The molecule has 1 heterocycles. The fraction of sp³-hybridized carbons (Fsp3) is 0.217. The lowest BCUT2D eigenvalue weighted by molar-refractivity contribution is -0.140. The Labute approximate surface area is 182 Å². The molecular weight excluding hydrogens is 427 g/mol. The van der Waals surface area contributed by atoms with E-state index < -0.39 is 17.8 Å². The summed E-state index contributed by atoms with van der Waals surface area (Å²) in [6.45, 7) is 2.25. The number of esters is 1. The average molecular weight is 447 g/mol. The molecule has 0 N–H and O–H groups in total. The molecule has 2 aromatic carbocycles. The van der Waals surface area contributed by atoms with Gasteiger partial charge in [0, 0.05) is 17.9 Å². The van der Waals surface area contributed by atoms with Gasteiger partial charge < -0.3 is 9.47 Å². The summed E-state index contributed by atoms with van der Waals surface area (Å²) >= 11 is 0.841. The van der Waals surface area contributed by atoms with Crippen LogP contribution in [-0.4, -0.2) is 17.6 Å². The van der Waals surface area contributed by atoms with Gasteiger partial charge in [-0.25, -0.2) is 9.78 Å². The van der Waals surface area contributed by atoms with Gasteiger partial charge in [0.1, 0.15) is 17.4 Å². The van der Waals surface area contributed by atoms with Crippen LogP contribution in [0, 0.1) is 0 Å². The van der Waals surface area contributed by atoms with E-state index in [0.717, 1.165) is 27.8 Å². The third kappa shape index (κ3) is 6.68. The van der Waals surface area contributed by atoms with Crippen LogP contribution in [0.2, 0.25) is 0 Å². The molecule has 0 aliphatic rings. The number of alkyl halides is 3. The Balaban J connectivity index is 1.74. The van der Waals surface area contributed by atoms with Crippen LogP contribution >= 0.6 is 11.3 Å². The molecule has 0 spiro atoms. The van der Waals surface area contributed by atoms with Crippen LogP contribution in [0.5, 0.6) is 5.75 Å². The molecule has 0 saturated carbocycles. The minimum atomic E-state index is -4.54. The van der Waals surface area contributed by atoms with Crippen molar-refractivity contribution in [2.75, 3.05) is 6.61 Å². The van der Waals surface area contributed by atoms with Crippen LogP contribution in [0.25, 0.3) is 5.57 Å². The smallest absolute Gasteiger partial charge is 0.434 e. The molecule has 0 amide bonds. The van der Waals surface area contributed by atoms with Crippen molar-refractivity contribution in [2.24, 2.45) is 0 Å². The number of allylic oxidation sites excluding steroid dienone is 1. The quantitative estimate of drug-likeness (QED) is 0.317. The number of hydrogen-bond donors (Lipinski definition) is 0. The largest absolute Gasteiger partial charge is 0.489 e. The predicted octanol–water partition coefficient (Wildman–Crippen LogP) is 5.93. The number of halogens is 3. The molecule has 4 nitrogen and oxygen atoms in total. The van der Waals surface area contributed by atoms with E-state index in [1.165, 1.54) is 6.08 Å². The van der Waals surface area contributed by atoms with Crippen molar-refractivity contribution in [3.8, 4) is 5.75 Å². The summed E-state index contributed by atoms with van der Waals surface area (Å²) < 4.78 is 49.5. The monoisotopic (exact) mass is 447 g/mol. The van der Waals surface area contributed by atoms with Crippen molar-refractivity contribution in [1.29, 1.82) is 0 Å². The lowest BCUT2D eigenvalue weighted by atomic mass is 10.0. The topological polar surface area (TPSA) is 48.4 Å². The molecule has 3 aromatic rings. The van der Waals surface area contributed by atoms with Crippen LogP contribution < -0.4 is 4.74 Å². The maximum atomic E-state index is 12.9. The van der Waals surface area contributed by atoms with Gasteiger partial charge in [0.2, 0.25) is 0 Å². The first-order chi connectivity index (χ1) is 14.8. The molecule has 0 fully saturated rings. The van der Waals surface area contributed by atoms with Crippen LogP contribution in [-0.2, 0) is 28.7 Å². The number of hydrogen-bond acceptors (Lipinski definition) is 5. The zero-order chi connectivity index (χ0) is 22.3. The molecule has 0 atom stereocenters. The molecular formula is C23H20F3NO3S. The molecule has 0 unspecified atom stereocenters. The molecule has 8 heteroatoms. The number of ether oxygens (including phenoxy) is 2. The highest BCUT2D eigenvalue weighted by atomic mass is 32.1. The third-order valence-corrected chi connectivity index (χ3v) is 5.13. The highest BCUT2D eigenvalue weighted by molar-refractivity contribution is 7.10. The maximum Gasteiger partial charge on any atom is 0.434 e. The second kappa shape index (κ2) is 10.3. The fourth-order valence-electron chi connectivity index (χ4n) is 2.73. The molecule has 1 aromatic heterocycles. The summed E-state index contributed by atoms with van der Waals surface area (Å²) in [6, 6.07) is 16.9. The molecule has 0 aliphatic heterocycles. The summed E-state index contributed by atoms with van der Waals surface area (Å²) in [6.07, 6.45) is -3.12. The Kier molecular flexibility index (Phi) is 7.46. The second-order valence-corrected chi connectivity index (χ2v) is 7.41. The molecule has 0 aliphatic carbocycles. The number of thiazole rings is 1. The first-order valence-electron chi connectivity index (χ1n) is 9.51. The van der Waals surface area contributed by atoms with E-state index in [4.69, 9.17) is 9.47 Å². The van der Waals surface area contributed by atoms with Crippen molar-refractivity contribution in [2.45, 2.75) is 26.1 Å². The zero-order valence-corrected chi connectivity index (χ0v) is 17.5. The molecule has 0 bridgehead atoms. The van der Waals surface area contributed by atoms with Gasteiger partial charge in [0.15, 0.2) is 5.69 Å². The Hall–Kier alpha value is -3.13. The number of rotatable bonds is 8. The van der Waals surface area contributed by atoms with Gasteiger partial charge in [-0.2, -0.15) is 13.2 Å². The van der Waals surface area contributed by atoms with Crippen LogP contribution in [0.15, 0.2) is 66.1 Å². The fourth-order valence-corrected chi connectivity index (χ4v) is 3.57. The molecule has 31 heavy (non-hydrogen) atoms. The van der Waals surface area contributed by atoms with Gasteiger partial charge in [-0.3, -0.25) is 0 Å². The predicted molar refractivity (Wildman–Crippen MR) is 113 cm³/mol. The van der Waals surface area contributed by atoms with E-state index in [1.54, 1.807) is 31.2 Å². The van der Waals surface area contributed by atoms with Gasteiger partial charge in [-0.05, 0) is 35.8 Å². The van der Waals surface area contributed by atoms with Crippen molar-refractivity contribution in [3.05, 3.63) is 87.9 Å². The maximum absolute atomic E-state index is 12.9. The first-order valence-corrected chi connectivity index (χ1v) is 10.4. The highest BCUT2D eigenvalue weighted by Crippen LogP contribution is 2.33. The summed E-state index contributed by atoms with van der Waals surface area (Å²) in [5.41, 5.74) is 1.21. The van der Waals surface area contributed by atoms with Crippen LogP contribution in [0.3, 0.4) is 0 Å². The number of aromatic nitrogens is 1. The minimum absolute atomic E-state index is 0.129. The normalized spacial score (nSPS) is 11.9. The van der Waals surface area contributed by atoms with Gasteiger partial charge >= 0.3 is 12.1 Å². The lowest BCUT2D eigenvalue weighted by Crippen LogP contribution is -2.06. The summed E-state index contributed by atoms with van der Waals surface area (Å²) in [7, 11) is 0. The lowest BCUT2D eigenvalue weighted by Gasteiger charge is -2.09. The van der Waals surface area contributed by atoms with Gasteiger partial charge in [0.25, 0.3) is 0 Å². The van der Waals surface area contributed by atoms with E-state index in [-0.39, 0.29) is 18.0 Å². The van der Waals surface area contributed by atoms with Crippen molar-refractivity contribution < 1.29 is 27.4 Å². The zero-order valence-electron chi connectivity index (χ0n) is 16.7. The minimum Gasteiger partial charge on any atom is -0.489 e. The van der Waals surface area contributed by atoms with Crippen LogP contribution in [0.1, 0.15) is 28.8 Å². The van der Waals surface area contributed by atoms with E-state index in [1.807, 2.05) is 30.3 Å². The van der Waals surface area contributed by atoms with Crippen molar-refractivity contribution in [1.82, 2.24) is 4.98 Å². The Morgan fingerprint density at radius 3 is 2.39 bits per heavy atom. The first kappa shape index (κ1) is 22.6. The number of carbonyl (C=O) groups is 1. The van der Waals surface area contributed by atoms with E-state index in [2.05, 4.69) is 4.98 Å². The standard InChI is InChI=1S/C23H20F3NO3S/c1-2-29-21(28)13-18(22-27-20(15-31-22)23(24,25)26)12-16-8-10-19(11-9-16)30-14-17-6-4-3-5-7-17/h3-11,13,15H,2,12,14H2,1H3. The number of benzene rings is 2. The van der Waals surface area contributed by atoms with Crippen LogP contribution in [0.4, 0.5) is 13.2 Å². The van der Waals surface area contributed by atoms with E-state index in [0.29, 0.717) is 17.9 Å². The highest BCUT2D eigenvalue weighted by Gasteiger charge is 2.34. The van der Waals surface area contributed by atoms with E-state index in [9.17, 15) is 18.0 Å². The molecule has 0 radical (unpaired) electrons. The Bertz CT molecular complexity index is 1030. The second-order valence-electron chi connectivity index (χ2n) is 6.55. The third-order valence-electron chi connectivity index (χ3n) is 4.21. The molecule has 0 saturated heterocycles. The van der Waals surface area contributed by atoms with Gasteiger partial charge in [0.05, 0.1) is 6.61 Å². The Morgan fingerprint density at radius 2 is 1.77 bits per heavy atom. The molecule has 3 rings (SSSR count). The summed E-state index contributed by atoms with van der Waals surface area (Å²) in [5.74, 6) is 0.0428. The number of carbonyl (C=O) groups excluding carboxylic acids is 1. The average Bonchev–Trinajstić information content (AvgIpc) is 3.25. The Morgan fingerprint density at radius 1 is 1.06 bits per heavy atom. The summed E-state index contributed by atoms with van der Waals surface area (Å²) in [5, 5.41) is 1.07. The van der Waals surface area contributed by atoms with Gasteiger partial charge in [-0.15, -0.1) is 11.3 Å². The molecule has 162 valence electrons. The summed E-state index contributed by atoms with van der Waals surface area (Å²) in [4.78, 5) is 15.6. The van der Waals surface area contributed by atoms with Crippen molar-refractivity contribution >= 4 is 22.9 Å². The van der Waals surface area contributed by atoms with Crippen molar-refractivity contribution in [3.63, 3.8) is 0 Å².